The van der Waals surface area contributed by atoms with Crippen molar-refractivity contribution in [1.82, 2.24) is 4.90 Å². The van der Waals surface area contributed by atoms with Crippen molar-refractivity contribution >= 4 is 6.09 Å². The predicted molar refractivity (Wildman–Crippen MR) is 117 cm³/mol. The van der Waals surface area contributed by atoms with Crippen LogP contribution in [0.1, 0.15) is 49.1 Å². The number of carbonyl (C=O) groups is 1. The fourth-order valence-corrected chi connectivity index (χ4v) is 4.64. The standard InChI is InChI=1S/C25H32N2O3/c26-23-15-16-27(25(28)30-17-19-7-3-1-4-8-19)24(23)18-29-22-13-11-21(12-14-22)20-9-5-2-6-10-20/h1-10,21-24H,11-18,26H2. The van der Waals surface area contributed by atoms with Crippen LogP contribution in [0.2, 0.25) is 0 Å². The average molecular weight is 409 g/mol. The van der Waals surface area contributed by atoms with Crippen LogP contribution in [0.5, 0.6) is 0 Å². The first-order valence-corrected chi connectivity index (χ1v) is 11.1. The summed E-state index contributed by atoms with van der Waals surface area (Å²) in [6.45, 7) is 1.40. The maximum Gasteiger partial charge on any atom is 0.410 e. The first kappa shape index (κ1) is 20.9. The zero-order chi connectivity index (χ0) is 20.8. The van der Waals surface area contributed by atoms with Crippen molar-refractivity contribution in [1.29, 1.82) is 0 Å². The number of carbonyl (C=O) groups excluding carboxylic acids is 1. The molecule has 0 aromatic heterocycles. The maximum atomic E-state index is 12.6. The lowest BCUT2D eigenvalue weighted by atomic mass is 9.83. The summed E-state index contributed by atoms with van der Waals surface area (Å²) < 4.78 is 11.8. The molecule has 1 saturated carbocycles. The molecule has 160 valence electrons. The highest BCUT2D eigenvalue weighted by Crippen LogP contribution is 2.34. The van der Waals surface area contributed by atoms with E-state index in [1.807, 2.05) is 30.3 Å². The Kier molecular flexibility index (Phi) is 7.03. The molecule has 1 heterocycles. The molecule has 2 aromatic rings. The van der Waals surface area contributed by atoms with Crippen LogP contribution in [-0.2, 0) is 16.1 Å². The number of nitrogens with zero attached hydrogens (tertiary/aromatic N) is 1. The fraction of sp³-hybridized carbons (Fsp3) is 0.480. The molecular formula is C25H32N2O3. The largest absolute Gasteiger partial charge is 0.445 e. The quantitative estimate of drug-likeness (QED) is 0.766. The topological polar surface area (TPSA) is 64.8 Å². The highest BCUT2D eigenvalue weighted by atomic mass is 16.6. The molecule has 30 heavy (non-hydrogen) atoms. The second kappa shape index (κ2) is 10.1. The molecule has 2 aliphatic rings. The van der Waals surface area contributed by atoms with E-state index in [0.717, 1.165) is 37.7 Å². The van der Waals surface area contributed by atoms with E-state index in [1.54, 1.807) is 4.90 Å². The Morgan fingerprint density at radius 1 is 0.933 bits per heavy atom. The molecule has 2 N–H and O–H groups in total. The van der Waals surface area contributed by atoms with Gasteiger partial charge in [0.2, 0.25) is 0 Å². The molecule has 0 spiro atoms. The van der Waals surface area contributed by atoms with Gasteiger partial charge < -0.3 is 20.1 Å². The van der Waals surface area contributed by atoms with Crippen molar-refractivity contribution in [3.8, 4) is 0 Å². The lowest BCUT2D eigenvalue weighted by molar-refractivity contribution is -0.00675. The number of ether oxygens (including phenoxy) is 2. The Balaban J connectivity index is 1.24. The van der Waals surface area contributed by atoms with Crippen molar-refractivity contribution in [2.24, 2.45) is 5.73 Å². The third-order valence-electron chi connectivity index (χ3n) is 6.49. The highest BCUT2D eigenvalue weighted by Gasteiger charge is 2.37. The van der Waals surface area contributed by atoms with E-state index in [9.17, 15) is 4.79 Å². The molecule has 0 radical (unpaired) electrons. The van der Waals surface area contributed by atoms with Crippen LogP contribution < -0.4 is 5.73 Å². The van der Waals surface area contributed by atoms with Crippen molar-refractivity contribution in [2.75, 3.05) is 13.2 Å². The van der Waals surface area contributed by atoms with Crippen LogP contribution in [-0.4, -0.2) is 42.3 Å². The molecule has 1 saturated heterocycles. The predicted octanol–water partition coefficient (Wildman–Crippen LogP) is 4.47. The van der Waals surface area contributed by atoms with Crippen LogP contribution in [0.15, 0.2) is 60.7 Å². The number of nitrogens with two attached hydrogens (primary N) is 1. The summed E-state index contributed by atoms with van der Waals surface area (Å²) >= 11 is 0. The molecule has 1 amide bonds. The van der Waals surface area contributed by atoms with Gasteiger partial charge in [0.1, 0.15) is 6.61 Å². The molecule has 1 aliphatic heterocycles. The van der Waals surface area contributed by atoms with Crippen LogP contribution in [0.3, 0.4) is 0 Å². The summed E-state index contributed by atoms with van der Waals surface area (Å²) in [5, 5.41) is 0. The second-order valence-electron chi connectivity index (χ2n) is 8.47. The Bertz CT molecular complexity index is 791. The van der Waals surface area contributed by atoms with Crippen LogP contribution in [0, 0.1) is 0 Å². The van der Waals surface area contributed by atoms with Gasteiger partial charge in [-0.1, -0.05) is 60.7 Å². The summed E-state index contributed by atoms with van der Waals surface area (Å²) in [6, 6.07) is 20.3. The lowest BCUT2D eigenvalue weighted by Crippen LogP contribution is -2.46. The van der Waals surface area contributed by atoms with E-state index in [2.05, 4.69) is 30.3 Å². The zero-order valence-corrected chi connectivity index (χ0v) is 17.5. The van der Waals surface area contributed by atoms with Gasteiger partial charge in [-0.25, -0.2) is 4.79 Å². The van der Waals surface area contributed by atoms with E-state index < -0.39 is 0 Å². The van der Waals surface area contributed by atoms with Gasteiger partial charge in [-0.15, -0.1) is 0 Å². The van der Waals surface area contributed by atoms with E-state index in [1.165, 1.54) is 5.56 Å². The molecule has 4 rings (SSSR count). The number of hydrogen-bond donors (Lipinski definition) is 1. The van der Waals surface area contributed by atoms with Crippen molar-refractivity contribution in [3.63, 3.8) is 0 Å². The third kappa shape index (κ3) is 5.21. The minimum Gasteiger partial charge on any atom is -0.445 e. The minimum absolute atomic E-state index is 0.0602. The zero-order valence-electron chi connectivity index (χ0n) is 17.5. The number of hydrogen-bond acceptors (Lipinski definition) is 4. The Labute approximate surface area is 179 Å². The minimum atomic E-state index is -0.298. The summed E-state index contributed by atoms with van der Waals surface area (Å²) in [5.74, 6) is 0.629. The third-order valence-corrected chi connectivity index (χ3v) is 6.49. The SMILES string of the molecule is NC1CCN(C(=O)OCc2ccccc2)C1COC1CCC(c2ccccc2)CC1. The first-order valence-electron chi connectivity index (χ1n) is 11.1. The van der Waals surface area contributed by atoms with Gasteiger partial charge in [0.05, 0.1) is 18.8 Å². The summed E-state index contributed by atoms with van der Waals surface area (Å²) in [4.78, 5) is 14.4. The first-order chi connectivity index (χ1) is 14.7. The molecule has 2 atom stereocenters. The maximum absolute atomic E-state index is 12.6. The van der Waals surface area contributed by atoms with Crippen molar-refractivity contribution < 1.29 is 14.3 Å². The molecule has 5 heteroatoms. The Morgan fingerprint density at radius 3 is 2.30 bits per heavy atom. The molecule has 0 bridgehead atoms. The number of amides is 1. The van der Waals surface area contributed by atoms with Crippen molar-refractivity contribution in [2.45, 2.75) is 62.8 Å². The number of likely N-dealkylation sites (tertiary alicyclic amines) is 1. The highest BCUT2D eigenvalue weighted by molar-refractivity contribution is 5.68. The van der Waals surface area contributed by atoms with Gasteiger partial charge in [0.25, 0.3) is 0 Å². The lowest BCUT2D eigenvalue weighted by Gasteiger charge is -2.32. The number of benzene rings is 2. The van der Waals surface area contributed by atoms with Gasteiger partial charge in [-0.2, -0.15) is 0 Å². The van der Waals surface area contributed by atoms with E-state index in [4.69, 9.17) is 15.2 Å². The second-order valence-corrected chi connectivity index (χ2v) is 8.47. The van der Waals surface area contributed by atoms with Crippen LogP contribution in [0.25, 0.3) is 0 Å². The summed E-state index contributed by atoms with van der Waals surface area (Å²) in [5.41, 5.74) is 8.71. The molecule has 2 aromatic carbocycles. The van der Waals surface area contributed by atoms with Crippen LogP contribution in [0.4, 0.5) is 4.79 Å². The molecule has 2 unspecified atom stereocenters. The van der Waals surface area contributed by atoms with E-state index in [0.29, 0.717) is 19.1 Å². The molecule has 5 nitrogen and oxygen atoms in total. The fourth-order valence-electron chi connectivity index (χ4n) is 4.64. The van der Waals surface area contributed by atoms with Gasteiger partial charge >= 0.3 is 6.09 Å². The van der Waals surface area contributed by atoms with E-state index >= 15 is 0 Å². The Hall–Kier alpha value is -2.37. The molecular weight excluding hydrogens is 376 g/mol. The monoisotopic (exact) mass is 408 g/mol. The average Bonchev–Trinajstić information content (AvgIpc) is 3.18. The molecule has 1 aliphatic carbocycles. The summed E-state index contributed by atoms with van der Waals surface area (Å²) in [7, 11) is 0. The Morgan fingerprint density at radius 2 is 1.60 bits per heavy atom. The smallest absolute Gasteiger partial charge is 0.410 e. The van der Waals surface area contributed by atoms with Gasteiger partial charge in [-0.3, -0.25) is 0 Å². The van der Waals surface area contributed by atoms with Gasteiger partial charge in [-0.05, 0) is 49.1 Å². The van der Waals surface area contributed by atoms with Gasteiger partial charge in [0.15, 0.2) is 0 Å². The van der Waals surface area contributed by atoms with Crippen LogP contribution >= 0.6 is 0 Å². The van der Waals surface area contributed by atoms with Gasteiger partial charge in [0, 0.05) is 12.6 Å². The summed E-state index contributed by atoms with van der Waals surface area (Å²) in [6.07, 6.45) is 5.14. The molecule has 2 fully saturated rings. The van der Waals surface area contributed by atoms with Crippen molar-refractivity contribution in [3.05, 3.63) is 71.8 Å². The normalized spacial score (nSPS) is 26.5. The number of rotatable bonds is 6. The van der Waals surface area contributed by atoms with E-state index in [-0.39, 0.29) is 30.9 Å².